The Morgan fingerprint density at radius 2 is 1.91 bits per heavy atom. The fourth-order valence-electron chi connectivity index (χ4n) is 4.17. The van der Waals surface area contributed by atoms with E-state index in [0.717, 1.165) is 25.6 Å². The Hall–Kier alpha value is -0.0800. The first kappa shape index (κ1) is 18.3. The van der Waals surface area contributed by atoms with Gasteiger partial charge in [-0.2, -0.15) is 0 Å². The fourth-order valence-corrected chi connectivity index (χ4v) is 4.17. The normalized spacial score (nSPS) is 25.9. The van der Waals surface area contributed by atoms with Crippen molar-refractivity contribution in [2.24, 2.45) is 4.99 Å². The van der Waals surface area contributed by atoms with Crippen molar-refractivity contribution < 1.29 is 4.74 Å². The van der Waals surface area contributed by atoms with E-state index >= 15 is 0 Å². The highest BCUT2D eigenvalue weighted by Gasteiger charge is 2.41. The number of aliphatic imine (C=N–C) groups is 1. The van der Waals surface area contributed by atoms with Crippen LogP contribution in [0.2, 0.25) is 0 Å². The van der Waals surface area contributed by atoms with Crippen molar-refractivity contribution in [2.45, 2.75) is 50.2 Å². The molecule has 0 aromatic carbocycles. The lowest BCUT2D eigenvalue weighted by Crippen LogP contribution is -2.57. The van der Waals surface area contributed by atoms with Crippen LogP contribution in [0.25, 0.3) is 0 Å². The van der Waals surface area contributed by atoms with Gasteiger partial charge in [-0.3, -0.25) is 9.89 Å². The van der Waals surface area contributed by atoms with Gasteiger partial charge in [0.1, 0.15) is 0 Å². The first-order chi connectivity index (χ1) is 10.2. The SMILES string of the molecule is COC1CCN(C2(CNC3=NCCN3C)CCCC2)CC1.I. The molecule has 0 unspecified atom stereocenters. The summed E-state index contributed by atoms with van der Waals surface area (Å²) in [5.74, 6) is 1.09. The Morgan fingerprint density at radius 3 is 2.45 bits per heavy atom. The summed E-state index contributed by atoms with van der Waals surface area (Å²) in [6.45, 7) is 5.40. The molecule has 1 N–H and O–H groups in total. The highest BCUT2D eigenvalue weighted by molar-refractivity contribution is 14.0. The molecule has 5 nitrogen and oxygen atoms in total. The minimum atomic E-state index is 0. The molecule has 1 saturated carbocycles. The zero-order chi connectivity index (χ0) is 14.7. The van der Waals surface area contributed by atoms with Crippen LogP contribution in [0.4, 0.5) is 0 Å². The summed E-state index contributed by atoms with van der Waals surface area (Å²) in [5.41, 5.74) is 0.352. The Balaban J connectivity index is 0.00000176. The maximum atomic E-state index is 5.52. The van der Waals surface area contributed by atoms with Gasteiger partial charge in [0.05, 0.1) is 12.6 Å². The largest absolute Gasteiger partial charge is 0.381 e. The van der Waals surface area contributed by atoms with Gasteiger partial charge in [-0.05, 0) is 25.7 Å². The summed E-state index contributed by atoms with van der Waals surface area (Å²) in [4.78, 5) is 9.54. The molecule has 0 bridgehead atoms. The molecule has 0 radical (unpaired) electrons. The molecule has 3 aliphatic rings. The van der Waals surface area contributed by atoms with Crippen LogP contribution in [0.5, 0.6) is 0 Å². The zero-order valence-corrected chi connectivity index (χ0v) is 16.3. The van der Waals surface area contributed by atoms with Gasteiger partial charge in [-0.15, -0.1) is 24.0 Å². The van der Waals surface area contributed by atoms with Crippen LogP contribution >= 0.6 is 24.0 Å². The molecule has 2 fully saturated rings. The van der Waals surface area contributed by atoms with Gasteiger partial charge in [-0.1, -0.05) is 12.8 Å². The van der Waals surface area contributed by atoms with Crippen LogP contribution in [0.15, 0.2) is 4.99 Å². The number of nitrogens with one attached hydrogen (secondary N) is 1. The van der Waals surface area contributed by atoms with Crippen LogP contribution in [0.3, 0.4) is 0 Å². The number of hydrogen-bond donors (Lipinski definition) is 1. The lowest BCUT2D eigenvalue weighted by atomic mass is 9.91. The minimum Gasteiger partial charge on any atom is -0.381 e. The van der Waals surface area contributed by atoms with Gasteiger partial charge in [0.25, 0.3) is 0 Å². The number of nitrogens with zero attached hydrogens (tertiary/aromatic N) is 3. The summed E-state index contributed by atoms with van der Waals surface area (Å²) in [6, 6.07) is 0. The van der Waals surface area contributed by atoms with E-state index < -0.39 is 0 Å². The van der Waals surface area contributed by atoms with Gasteiger partial charge in [0.15, 0.2) is 5.96 Å². The number of rotatable bonds is 4. The second kappa shape index (κ2) is 8.15. The van der Waals surface area contributed by atoms with E-state index in [1.165, 1.54) is 51.6 Å². The van der Waals surface area contributed by atoms with Crippen molar-refractivity contribution in [3.8, 4) is 0 Å². The van der Waals surface area contributed by atoms with Crippen LogP contribution in [0, 0.1) is 0 Å². The first-order valence-electron chi connectivity index (χ1n) is 8.51. The van der Waals surface area contributed by atoms with Crippen LogP contribution in [-0.2, 0) is 4.74 Å². The molecule has 0 atom stereocenters. The molecule has 6 heteroatoms. The molecule has 1 saturated heterocycles. The quantitative estimate of drug-likeness (QED) is 0.703. The maximum absolute atomic E-state index is 5.52. The molecule has 22 heavy (non-hydrogen) atoms. The number of hydrogen-bond acceptors (Lipinski definition) is 5. The molecule has 128 valence electrons. The smallest absolute Gasteiger partial charge is 0.193 e. The fraction of sp³-hybridized carbons (Fsp3) is 0.938. The monoisotopic (exact) mass is 422 g/mol. The Bertz CT molecular complexity index is 376. The predicted octanol–water partition coefficient (Wildman–Crippen LogP) is 1.92. The summed E-state index contributed by atoms with van der Waals surface area (Å²) < 4.78 is 5.52. The molecule has 0 amide bonds. The topological polar surface area (TPSA) is 40.1 Å². The summed E-state index contributed by atoms with van der Waals surface area (Å²) in [6.07, 6.45) is 8.22. The second-order valence-corrected chi connectivity index (χ2v) is 6.83. The van der Waals surface area contributed by atoms with E-state index in [9.17, 15) is 0 Å². The second-order valence-electron chi connectivity index (χ2n) is 6.83. The van der Waals surface area contributed by atoms with Crippen molar-refractivity contribution in [1.29, 1.82) is 0 Å². The number of piperidine rings is 1. The maximum Gasteiger partial charge on any atom is 0.193 e. The van der Waals surface area contributed by atoms with Crippen LogP contribution in [-0.4, -0.2) is 74.3 Å². The zero-order valence-electron chi connectivity index (χ0n) is 14.0. The Kier molecular flexibility index (Phi) is 6.76. The van der Waals surface area contributed by atoms with E-state index in [1.54, 1.807) is 0 Å². The van der Waals surface area contributed by atoms with Gasteiger partial charge in [0, 0.05) is 45.9 Å². The highest BCUT2D eigenvalue weighted by atomic mass is 127. The highest BCUT2D eigenvalue weighted by Crippen LogP contribution is 2.36. The van der Waals surface area contributed by atoms with Crippen molar-refractivity contribution in [1.82, 2.24) is 15.1 Å². The lowest BCUT2D eigenvalue weighted by Gasteiger charge is -2.45. The van der Waals surface area contributed by atoms with Crippen LogP contribution < -0.4 is 5.32 Å². The number of halogens is 1. The third kappa shape index (κ3) is 3.87. The molecule has 0 spiro atoms. The van der Waals surface area contributed by atoms with Gasteiger partial charge in [0.2, 0.25) is 0 Å². The summed E-state index contributed by atoms with van der Waals surface area (Å²) in [5, 5.41) is 3.64. The van der Waals surface area contributed by atoms with Crippen molar-refractivity contribution in [3.63, 3.8) is 0 Å². The Morgan fingerprint density at radius 1 is 1.23 bits per heavy atom. The molecule has 3 rings (SSSR count). The molecular formula is C16H31IN4O. The van der Waals surface area contributed by atoms with E-state index in [1.807, 2.05) is 7.11 Å². The number of likely N-dealkylation sites (N-methyl/N-ethyl adjacent to an activating group) is 1. The summed E-state index contributed by atoms with van der Waals surface area (Å²) in [7, 11) is 3.98. The molecule has 0 aromatic heterocycles. The van der Waals surface area contributed by atoms with E-state index in [2.05, 4.69) is 27.2 Å². The van der Waals surface area contributed by atoms with E-state index in [0.29, 0.717) is 11.6 Å². The Labute approximate surface area is 151 Å². The van der Waals surface area contributed by atoms with Crippen molar-refractivity contribution in [3.05, 3.63) is 0 Å². The van der Waals surface area contributed by atoms with E-state index in [4.69, 9.17) is 4.74 Å². The first-order valence-corrected chi connectivity index (χ1v) is 8.51. The standard InChI is InChI=1S/C16H30N4O.HI/c1-19-12-9-17-15(19)18-13-16(7-3-4-8-16)20-10-5-14(21-2)6-11-20;/h14H,3-13H2,1-2H3,(H,17,18);1H. The predicted molar refractivity (Wildman–Crippen MR) is 101 cm³/mol. The van der Waals surface area contributed by atoms with Crippen molar-refractivity contribution >= 4 is 29.9 Å². The third-order valence-electron chi connectivity index (χ3n) is 5.61. The lowest BCUT2D eigenvalue weighted by molar-refractivity contribution is -0.00172. The average Bonchev–Trinajstić information content (AvgIpc) is 3.15. The molecular weight excluding hydrogens is 391 g/mol. The van der Waals surface area contributed by atoms with Crippen molar-refractivity contribution in [2.75, 3.05) is 46.9 Å². The molecule has 1 aliphatic carbocycles. The van der Waals surface area contributed by atoms with Gasteiger partial charge < -0.3 is 15.0 Å². The third-order valence-corrected chi connectivity index (χ3v) is 5.61. The minimum absolute atomic E-state index is 0. The average molecular weight is 422 g/mol. The summed E-state index contributed by atoms with van der Waals surface area (Å²) >= 11 is 0. The van der Waals surface area contributed by atoms with E-state index in [-0.39, 0.29) is 24.0 Å². The number of likely N-dealkylation sites (tertiary alicyclic amines) is 1. The number of ether oxygens (including phenoxy) is 1. The van der Waals surface area contributed by atoms with Crippen LogP contribution in [0.1, 0.15) is 38.5 Å². The van der Waals surface area contributed by atoms with Gasteiger partial charge >= 0.3 is 0 Å². The number of methoxy groups -OCH3 is 1. The molecule has 0 aromatic rings. The molecule has 2 aliphatic heterocycles. The van der Waals surface area contributed by atoms with Gasteiger partial charge in [-0.25, -0.2) is 0 Å². The number of guanidine groups is 1. The molecule has 2 heterocycles.